The Hall–Kier alpha value is 0.330. The van der Waals surface area contributed by atoms with Crippen LogP contribution in [0.1, 0.15) is 0 Å². The van der Waals surface area contributed by atoms with Crippen LogP contribution in [0.5, 0.6) is 0 Å². The van der Waals surface area contributed by atoms with Gasteiger partial charge in [-0.3, -0.25) is 9.59 Å². The summed E-state index contributed by atoms with van der Waals surface area (Å²) in [5, 5.41) is 12.8. The fourth-order valence-electron chi connectivity index (χ4n) is 2.32. The van der Waals surface area contributed by atoms with Crippen LogP contribution in [-0.2, 0) is 9.59 Å². The maximum atomic E-state index is 13.0. The average molecular weight is 660 g/mol. The molecule has 0 radical (unpaired) electrons. The largest absolute Gasteiger partial charge is 0.480 e. The number of rotatable bonds is 7. The molecule has 23 heavy (non-hydrogen) atoms. The molecule has 0 saturated heterocycles. The van der Waals surface area contributed by atoms with Gasteiger partial charge >= 0.3 is 5.97 Å². The van der Waals surface area contributed by atoms with Gasteiger partial charge in [0, 0.05) is 40.4 Å². The molecule has 0 saturated carbocycles. The molecule has 6 N–H and O–H groups in total. The van der Waals surface area contributed by atoms with Crippen LogP contribution in [0.25, 0.3) is 0 Å². The molecule has 130 valence electrons. The second kappa shape index (κ2) is 9.15. The predicted molar refractivity (Wildman–Crippen MR) is 115 cm³/mol. The first kappa shape index (κ1) is 21.4. The zero-order valence-corrected chi connectivity index (χ0v) is 19.0. The zero-order chi connectivity index (χ0) is 17.8. The second-order valence-corrected chi connectivity index (χ2v) is 8.98. The highest BCUT2D eigenvalue weighted by atomic mass is 127. The Morgan fingerprint density at radius 2 is 1.87 bits per heavy atom. The molecule has 7 nitrogen and oxygen atoms in total. The average Bonchev–Trinajstić information content (AvgIpc) is 2.46. The summed E-state index contributed by atoms with van der Waals surface area (Å²) in [6, 6.07) is 0. The van der Waals surface area contributed by atoms with Crippen molar-refractivity contribution in [2.45, 2.75) is 3.42 Å². The van der Waals surface area contributed by atoms with E-state index >= 15 is 0 Å². The Morgan fingerprint density at radius 3 is 2.26 bits per heavy atom. The number of carbonyl (C=O) groups excluding carboxylic acids is 1. The van der Waals surface area contributed by atoms with E-state index in [2.05, 4.69) is 50.5 Å². The van der Waals surface area contributed by atoms with E-state index in [1.807, 2.05) is 22.6 Å². The molecule has 2 unspecified atom stereocenters. The lowest BCUT2D eigenvalue weighted by Gasteiger charge is -2.37. The van der Waals surface area contributed by atoms with Gasteiger partial charge in [0.25, 0.3) is 0 Å². The molecule has 10 heteroatoms. The molecule has 0 aromatic carbocycles. The summed E-state index contributed by atoms with van der Waals surface area (Å²) in [5.74, 6) is -2.13. The number of nitrogens with one attached hydrogen (secondary N) is 1. The minimum absolute atomic E-state index is 0.269. The van der Waals surface area contributed by atoms with Crippen molar-refractivity contribution < 1.29 is 14.7 Å². The molecule has 0 aromatic rings. The Labute approximate surface area is 176 Å². The van der Waals surface area contributed by atoms with Crippen molar-refractivity contribution in [1.82, 2.24) is 10.2 Å². The van der Waals surface area contributed by atoms with Gasteiger partial charge in [0.05, 0.1) is 11.6 Å². The molecular weight excluding hydrogens is 641 g/mol. The monoisotopic (exact) mass is 660 g/mol. The van der Waals surface area contributed by atoms with Crippen LogP contribution in [0.15, 0.2) is 18.9 Å². The van der Waals surface area contributed by atoms with Crippen molar-refractivity contribution in [2.24, 2.45) is 17.4 Å². The number of alkyl halides is 1. The first-order chi connectivity index (χ1) is 10.7. The van der Waals surface area contributed by atoms with Crippen molar-refractivity contribution in [3.8, 4) is 0 Å². The maximum Gasteiger partial charge on any atom is 0.324 e. The van der Waals surface area contributed by atoms with Crippen LogP contribution in [0.3, 0.4) is 0 Å². The Bertz CT molecular complexity index is 547. The molecule has 0 fully saturated rings. The summed E-state index contributed by atoms with van der Waals surface area (Å²) in [4.78, 5) is 26.5. The van der Waals surface area contributed by atoms with Crippen LogP contribution < -0.4 is 16.8 Å². The van der Waals surface area contributed by atoms with Crippen molar-refractivity contribution in [1.29, 1.82) is 0 Å². The highest BCUT2D eigenvalue weighted by molar-refractivity contribution is 14.1. The molecule has 0 heterocycles. The minimum atomic E-state index is -1.34. The van der Waals surface area contributed by atoms with Gasteiger partial charge in [-0.15, -0.1) is 0 Å². The van der Waals surface area contributed by atoms with Gasteiger partial charge in [-0.25, -0.2) is 0 Å². The summed E-state index contributed by atoms with van der Waals surface area (Å²) in [6.45, 7) is 1.29. The summed E-state index contributed by atoms with van der Waals surface area (Å²) >= 11 is 5.98. The van der Waals surface area contributed by atoms with Gasteiger partial charge in [0.15, 0.2) is 3.42 Å². The zero-order valence-electron chi connectivity index (χ0n) is 12.5. The highest BCUT2D eigenvalue weighted by Crippen LogP contribution is 2.47. The van der Waals surface area contributed by atoms with Crippen molar-refractivity contribution in [3.05, 3.63) is 18.9 Å². The van der Waals surface area contributed by atoms with Crippen LogP contribution in [-0.4, -0.2) is 58.5 Å². The van der Waals surface area contributed by atoms with Crippen molar-refractivity contribution in [3.63, 3.8) is 0 Å². The molecule has 1 rings (SSSR count). The number of aliphatic carboxylic acids is 1. The van der Waals surface area contributed by atoms with E-state index in [1.54, 1.807) is 18.0 Å². The Morgan fingerprint density at radius 1 is 1.35 bits per heavy atom. The highest BCUT2D eigenvalue weighted by Gasteiger charge is 2.51. The summed E-state index contributed by atoms with van der Waals surface area (Å²) in [7, 11) is 1.75. The molecule has 0 aromatic heterocycles. The Kier molecular flexibility index (Phi) is 8.50. The quantitative estimate of drug-likeness (QED) is 0.237. The number of allylic oxidation sites excluding steroid dienone is 1. The van der Waals surface area contributed by atoms with Gasteiger partial charge in [-0.2, -0.15) is 0 Å². The lowest BCUT2D eigenvalue weighted by Crippen LogP contribution is -2.52. The number of carbonyl (C=O) groups is 2. The lowest BCUT2D eigenvalue weighted by molar-refractivity contribution is -0.144. The number of halogens is 3. The van der Waals surface area contributed by atoms with Gasteiger partial charge < -0.3 is 26.8 Å². The van der Waals surface area contributed by atoms with Crippen LogP contribution in [0, 0.1) is 5.92 Å². The van der Waals surface area contributed by atoms with Crippen LogP contribution >= 0.6 is 67.8 Å². The van der Waals surface area contributed by atoms with E-state index in [0.29, 0.717) is 29.8 Å². The molecule has 1 amide bonds. The van der Waals surface area contributed by atoms with E-state index in [9.17, 15) is 14.7 Å². The van der Waals surface area contributed by atoms with E-state index in [1.165, 1.54) is 0 Å². The van der Waals surface area contributed by atoms with Gasteiger partial charge in [0.1, 0.15) is 0 Å². The first-order valence-electron chi connectivity index (χ1n) is 6.81. The van der Waals surface area contributed by atoms with Gasteiger partial charge in [-0.1, -0.05) is 22.6 Å². The molecule has 1 aliphatic carbocycles. The standard InChI is InChI=1S/C13H19I3N4O3/c1-19-10-7(14)6-13(16,12(22)23)8(9(10)15)11(21)20(4-2-17)5-3-18/h6,8,19H,2-5,17-18H2,1H3,(H,22,23). The number of carboxylic acids is 1. The fraction of sp³-hybridized carbons (Fsp3) is 0.538. The normalized spacial score (nSPS) is 24.3. The van der Waals surface area contributed by atoms with Crippen molar-refractivity contribution >= 4 is 79.6 Å². The third kappa shape index (κ3) is 4.49. The van der Waals surface area contributed by atoms with E-state index in [0.717, 1.165) is 9.28 Å². The molecule has 1 aliphatic rings. The number of nitrogens with two attached hydrogens (primary N) is 2. The summed E-state index contributed by atoms with van der Waals surface area (Å²) in [6.07, 6.45) is 1.62. The summed E-state index contributed by atoms with van der Waals surface area (Å²) < 4.78 is 0.112. The third-order valence-electron chi connectivity index (χ3n) is 3.42. The number of nitrogens with zero attached hydrogens (tertiary/aromatic N) is 1. The van der Waals surface area contributed by atoms with Crippen molar-refractivity contribution in [2.75, 3.05) is 33.2 Å². The molecule has 0 spiro atoms. The van der Waals surface area contributed by atoms with E-state index in [-0.39, 0.29) is 5.91 Å². The number of amides is 1. The molecule has 0 aliphatic heterocycles. The SMILES string of the molecule is CNC1=C(I)C(C(=O)N(CCN)CCN)C(I)(C(=O)O)C=C1I. The minimum Gasteiger partial charge on any atom is -0.480 e. The van der Waals surface area contributed by atoms with Crippen LogP contribution in [0.4, 0.5) is 0 Å². The molecular formula is C13H19I3N4O3. The van der Waals surface area contributed by atoms with Gasteiger partial charge in [0.2, 0.25) is 5.91 Å². The first-order valence-corrected chi connectivity index (χ1v) is 10.1. The number of carboxylic acid groups (broad SMARTS) is 1. The lowest BCUT2D eigenvalue weighted by atomic mass is 9.86. The fourth-order valence-corrected chi connectivity index (χ4v) is 7.29. The third-order valence-corrected chi connectivity index (χ3v) is 6.83. The maximum absolute atomic E-state index is 13.0. The van der Waals surface area contributed by atoms with E-state index < -0.39 is 15.3 Å². The van der Waals surface area contributed by atoms with Crippen LogP contribution in [0.2, 0.25) is 0 Å². The number of hydrogen-bond donors (Lipinski definition) is 4. The Balaban J connectivity index is 3.39. The smallest absolute Gasteiger partial charge is 0.324 e. The second-order valence-electron chi connectivity index (χ2n) is 4.87. The number of hydrogen-bond acceptors (Lipinski definition) is 5. The van der Waals surface area contributed by atoms with Gasteiger partial charge in [-0.05, 0) is 51.3 Å². The summed E-state index contributed by atoms with van der Waals surface area (Å²) in [5.41, 5.74) is 11.9. The number of likely N-dealkylation sites (N-methyl/N-ethyl adjacent to an activating group) is 1. The topological polar surface area (TPSA) is 122 Å². The molecule has 2 atom stereocenters. The predicted octanol–water partition coefficient (Wildman–Crippen LogP) is 0.806. The van der Waals surface area contributed by atoms with E-state index in [4.69, 9.17) is 11.5 Å². The molecule has 0 bridgehead atoms.